The average molecular weight is 617 g/mol. The number of aryl methyl sites for hydroxylation is 1. The van der Waals surface area contributed by atoms with Crippen molar-refractivity contribution in [1.82, 2.24) is 0 Å². The van der Waals surface area contributed by atoms with Crippen LogP contribution in [0.3, 0.4) is 0 Å². The highest BCUT2D eigenvalue weighted by Crippen LogP contribution is 2.44. The van der Waals surface area contributed by atoms with Crippen molar-refractivity contribution < 1.29 is 0 Å². The van der Waals surface area contributed by atoms with Crippen molar-refractivity contribution >= 4 is 81.0 Å². The minimum atomic E-state index is 1.04. The smallest absolute Gasteiger partial charge is 0.0434 e. The summed E-state index contributed by atoms with van der Waals surface area (Å²) in [5, 5.41) is 10.9. The van der Waals surface area contributed by atoms with Gasteiger partial charge in [0.05, 0.1) is 0 Å². The lowest BCUT2D eigenvalue weighted by atomic mass is 9.85. The summed E-state index contributed by atoms with van der Waals surface area (Å²) in [5.41, 5.74) is 11.0. The first kappa shape index (κ1) is 26.9. The number of thiophene rings is 1. The zero-order chi connectivity index (χ0) is 30.9. The lowest BCUT2D eigenvalue weighted by Gasteiger charge is -2.19. The van der Waals surface area contributed by atoms with E-state index in [1.165, 1.54) is 97.0 Å². The minimum Gasteiger partial charge on any atom is -0.134 e. The molecule has 2 aliphatic rings. The fraction of sp³-hybridized carbons (Fsp3) is 0.0870. The van der Waals surface area contributed by atoms with Gasteiger partial charge in [-0.15, -0.1) is 11.3 Å². The molecule has 222 valence electrons. The first-order valence-electron chi connectivity index (χ1n) is 16.8. The van der Waals surface area contributed by atoms with E-state index in [0.29, 0.717) is 0 Å². The van der Waals surface area contributed by atoms with Gasteiger partial charge in [-0.2, -0.15) is 0 Å². The molecule has 0 aliphatic heterocycles. The quantitative estimate of drug-likeness (QED) is 0.173. The largest absolute Gasteiger partial charge is 0.134 e. The molecule has 0 unspecified atom stereocenters. The molecule has 0 radical (unpaired) electrons. The van der Waals surface area contributed by atoms with Gasteiger partial charge in [0.15, 0.2) is 0 Å². The van der Waals surface area contributed by atoms with Crippen LogP contribution in [0, 0.1) is 0 Å². The maximum absolute atomic E-state index is 2.45. The molecule has 0 saturated heterocycles. The van der Waals surface area contributed by atoms with Crippen molar-refractivity contribution in [2.75, 3.05) is 0 Å². The maximum Gasteiger partial charge on any atom is 0.0434 e. The van der Waals surface area contributed by atoms with Gasteiger partial charge in [0.2, 0.25) is 0 Å². The van der Waals surface area contributed by atoms with Gasteiger partial charge in [0.1, 0.15) is 0 Å². The van der Waals surface area contributed by atoms with Gasteiger partial charge in [-0.05, 0) is 115 Å². The molecule has 0 amide bonds. The van der Waals surface area contributed by atoms with E-state index in [2.05, 4.69) is 146 Å². The fourth-order valence-corrected chi connectivity index (χ4v) is 9.52. The SMILES string of the molecule is C1=Cc2c(c3cc(-c4cccc(C5=CC=C(c6cccc7c6sc6c8ccccc8ccc76)CC5)c4)ccc3c3ccccc23)CC1. The molecule has 7 aromatic carbocycles. The van der Waals surface area contributed by atoms with Crippen molar-refractivity contribution in [2.45, 2.75) is 25.7 Å². The predicted molar refractivity (Wildman–Crippen MR) is 206 cm³/mol. The maximum atomic E-state index is 2.45. The highest BCUT2D eigenvalue weighted by Gasteiger charge is 2.18. The molecule has 8 aromatic rings. The number of benzene rings is 7. The average Bonchev–Trinajstić information content (AvgIpc) is 3.55. The van der Waals surface area contributed by atoms with Gasteiger partial charge in [-0.1, -0.05) is 133 Å². The van der Waals surface area contributed by atoms with Crippen LogP contribution in [0.25, 0.3) is 80.8 Å². The summed E-state index contributed by atoms with van der Waals surface area (Å²) < 4.78 is 2.81. The van der Waals surface area contributed by atoms with Gasteiger partial charge in [0, 0.05) is 20.2 Å². The van der Waals surface area contributed by atoms with Crippen LogP contribution in [0.5, 0.6) is 0 Å². The van der Waals surface area contributed by atoms with Crippen LogP contribution < -0.4 is 0 Å². The van der Waals surface area contributed by atoms with Crippen molar-refractivity contribution in [3.8, 4) is 11.1 Å². The monoisotopic (exact) mass is 616 g/mol. The molecule has 0 nitrogen and oxygen atoms in total. The van der Waals surface area contributed by atoms with E-state index < -0.39 is 0 Å². The highest BCUT2D eigenvalue weighted by molar-refractivity contribution is 7.27. The third kappa shape index (κ3) is 4.27. The second-order valence-electron chi connectivity index (χ2n) is 13.1. The van der Waals surface area contributed by atoms with Crippen LogP contribution in [0.15, 0.2) is 140 Å². The Hall–Kier alpha value is -5.24. The van der Waals surface area contributed by atoms with E-state index >= 15 is 0 Å². The number of rotatable bonds is 3. The molecule has 2 aliphatic carbocycles. The molecule has 1 aromatic heterocycles. The summed E-state index contributed by atoms with van der Waals surface area (Å²) in [6.45, 7) is 0. The highest BCUT2D eigenvalue weighted by atomic mass is 32.1. The Balaban J connectivity index is 1.03. The van der Waals surface area contributed by atoms with Crippen molar-refractivity contribution in [2.24, 2.45) is 0 Å². The first-order chi connectivity index (χ1) is 23.3. The summed E-state index contributed by atoms with van der Waals surface area (Å²) in [5.74, 6) is 0. The topological polar surface area (TPSA) is 0 Å². The molecule has 0 atom stereocenters. The first-order valence-corrected chi connectivity index (χ1v) is 17.6. The summed E-state index contributed by atoms with van der Waals surface area (Å²) >= 11 is 1.95. The fourth-order valence-electron chi connectivity index (χ4n) is 8.14. The van der Waals surface area contributed by atoms with Gasteiger partial charge >= 0.3 is 0 Å². The lowest BCUT2D eigenvalue weighted by Crippen LogP contribution is -1.98. The predicted octanol–water partition coefficient (Wildman–Crippen LogP) is 13.4. The zero-order valence-electron chi connectivity index (χ0n) is 26.1. The van der Waals surface area contributed by atoms with E-state index in [0.717, 1.165) is 25.7 Å². The molecule has 0 saturated carbocycles. The molecule has 47 heavy (non-hydrogen) atoms. The Bertz CT molecular complexity index is 2680. The van der Waals surface area contributed by atoms with Crippen LogP contribution in [-0.4, -0.2) is 0 Å². The summed E-state index contributed by atoms with van der Waals surface area (Å²) in [6.07, 6.45) is 13.7. The number of hydrogen-bond acceptors (Lipinski definition) is 1. The second-order valence-corrected chi connectivity index (χ2v) is 14.1. The Morgan fingerprint density at radius 1 is 0.447 bits per heavy atom. The Kier molecular flexibility index (Phi) is 6.11. The normalized spacial score (nSPS) is 14.6. The van der Waals surface area contributed by atoms with E-state index in [1.807, 2.05) is 11.3 Å². The van der Waals surface area contributed by atoms with Crippen LogP contribution in [0.4, 0.5) is 0 Å². The van der Waals surface area contributed by atoms with Crippen molar-refractivity contribution in [3.05, 3.63) is 162 Å². The molecular weight excluding hydrogens is 585 g/mol. The summed E-state index contributed by atoms with van der Waals surface area (Å²) in [6, 6.07) is 45.4. The van der Waals surface area contributed by atoms with Crippen molar-refractivity contribution in [1.29, 1.82) is 0 Å². The van der Waals surface area contributed by atoms with E-state index in [4.69, 9.17) is 0 Å². The molecule has 0 bridgehead atoms. The molecule has 0 fully saturated rings. The van der Waals surface area contributed by atoms with Crippen LogP contribution in [-0.2, 0) is 6.42 Å². The third-order valence-corrected chi connectivity index (χ3v) is 11.8. The van der Waals surface area contributed by atoms with Crippen LogP contribution in [0.2, 0.25) is 0 Å². The molecule has 0 N–H and O–H groups in total. The van der Waals surface area contributed by atoms with Crippen LogP contribution in [0.1, 0.15) is 41.5 Å². The molecule has 10 rings (SSSR count). The Morgan fingerprint density at radius 2 is 1.15 bits per heavy atom. The number of allylic oxidation sites excluding steroid dienone is 5. The molecule has 1 heterocycles. The van der Waals surface area contributed by atoms with E-state index in [-0.39, 0.29) is 0 Å². The molecule has 0 spiro atoms. The summed E-state index contributed by atoms with van der Waals surface area (Å²) in [7, 11) is 0. The third-order valence-electron chi connectivity index (χ3n) is 10.5. The van der Waals surface area contributed by atoms with Crippen LogP contribution >= 0.6 is 11.3 Å². The van der Waals surface area contributed by atoms with Gasteiger partial charge < -0.3 is 0 Å². The number of hydrogen-bond donors (Lipinski definition) is 0. The lowest BCUT2D eigenvalue weighted by molar-refractivity contribution is 1.00. The molecule has 1 heteroatoms. The van der Waals surface area contributed by atoms with Gasteiger partial charge in [-0.25, -0.2) is 0 Å². The van der Waals surface area contributed by atoms with E-state index in [1.54, 1.807) is 0 Å². The number of fused-ring (bicyclic) bond motifs is 11. The molecular formula is C46H32S. The van der Waals surface area contributed by atoms with E-state index in [9.17, 15) is 0 Å². The van der Waals surface area contributed by atoms with Gasteiger partial charge in [0.25, 0.3) is 0 Å². The zero-order valence-corrected chi connectivity index (χ0v) is 26.9. The Morgan fingerprint density at radius 3 is 2.06 bits per heavy atom. The van der Waals surface area contributed by atoms with Gasteiger partial charge in [-0.3, -0.25) is 0 Å². The standard InChI is InChI=1S/C46H32S/c1-2-12-35-30(9-1)23-26-43-42-18-8-17-36(45(42)47-46(35)43)31-21-19-29(20-22-31)32-10-7-11-33(27-32)34-24-25-41-39-15-4-3-13-37(39)38-14-5-6-16-40(38)44(41)28-34/h1-5,7-15,17-19,21,23-28H,6,16,20,22H2. The Labute approximate surface area is 278 Å². The summed E-state index contributed by atoms with van der Waals surface area (Å²) in [4.78, 5) is 0. The van der Waals surface area contributed by atoms with Crippen molar-refractivity contribution in [3.63, 3.8) is 0 Å². The second kappa shape index (κ2) is 10.7. The minimum absolute atomic E-state index is 1.04.